The minimum atomic E-state index is 0.706. The van der Waals surface area contributed by atoms with Crippen LogP contribution in [0.2, 0.25) is 0 Å². The van der Waals surface area contributed by atoms with Crippen molar-refractivity contribution >= 4 is 10.9 Å². The van der Waals surface area contributed by atoms with E-state index in [0.29, 0.717) is 5.95 Å². The van der Waals surface area contributed by atoms with Crippen molar-refractivity contribution in [3.8, 4) is 11.7 Å². The van der Waals surface area contributed by atoms with Crippen molar-refractivity contribution in [2.45, 2.75) is 12.8 Å². The third-order valence-corrected chi connectivity index (χ3v) is 5.38. The van der Waals surface area contributed by atoms with Gasteiger partial charge in [-0.3, -0.25) is 4.57 Å². The highest BCUT2D eigenvalue weighted by molar-refractivity contribution is 5.86. The van der Waals surface area contributed by atoms with Crippen LogP contribution in [-0.2, 0) is 6.42 Å². The summed E-state index contributed by atoms with van der Waals surface area (Å²) in [7, 11) is 3.91. The van der Waals surface area contributed by atoms with E-state index in [9.17, 15) is 0 Å². The van der Waals surface area contributed by atoms with E-state index in [0.717, 1.165) is 30.7 Å². The lowest BCUT2D eigenvalue weighted by Crippen LogP contribution is -2.44. The molecule has 0 radical (unpaired) electrons. The van der Waals surface area contributed by atoms with Crippen LogP contribution < -0.4 is 4.74 Å². The fourth-order valence-electron chi connectivity index (χ4n) is 3.75. The second-order valence-electron chi connectivity index (χ2n) is 7.20. The first-order valence-corrected chi connectivity index (χ1v) is 9.61. The van der Waals surface area contributed by atoms with E-state index in [4.69, 9.17) is 4.74 Å². The molecule has 1 aliphatic rings. The second kappa shape index (κ2) is 8.06. The van der Waals surface area contributed by atoms with Gasteiger partial charge in [-0.25, -0.2) is 9.97 Å². The molecule has 6 heteroatoms. The first kappa shape index (κ1) is 17.9. The van der Waals surface area contributed by atoms with Gasteiger partial charge in [-0.2, -0.15) is 0 Å². The SMILES string of the molecule is COc1ccc2c(c1)c(CCCN1CCN(C)CC1)cn2-c1ncccn1. The summed E-state index contributed by atoms with van der Waals surface area (Å²) in [5, 5.41) is 1.22. The minimum absolute atomic E-state index is 0.706. The van der Waals surface area contributed by atoms with Gasteiger partial charge in [0.2, 0.25) is 5.95 Å². The normalized spacial score (nSPS) is 16.1. The molecule has 27 heavy (non-hydrogen) atoms. The minimum Gasteiger partial charge on any atom is -0.497 e. The maximum absolute atomic E-state index is 5.45. The fraction of sp³-hybridized carbons (Fsp3) is 0.429. The topological polar surface area (TPSA) is 46.4 Å². The van der Waals surface area contributed by atoms with Crippen LogP contribution in [0.5, 0.6) is 5.75 Å². The number of nitrogens with zero attached hydrogens (tertiary/aromatic N) is 5. The summed E-state index contributed by atoms with van der Waals surface area (Å²) in [4.78, 5) is 13.8. The monoisotopic (exact) mass is 365 g/mol. The summed E-state index contributed by atoms with van der Waals surface area (Å²) >= 11 is 0. The Morgan fingerprint density at radius 2 is 1.85 bits per heavy atom. The van der Waals surface area contributed by atoms with Crippen molar-refractivity contribution in [1.29, 1.82) is 0 Å². The number of benzene rings is 1. The maximum atomic E-state index is 5.45. The van der Waals surface area contributed by atoms with E-state index in [2.05, 4.69) is 49.7 Å². The van der Waals surface area contributed by atoms with Gasteiger partial charge in [0.1, 0.15) is 5.75 Å². The van der Waals surface area contributed by atoms with Crippen molar-refractivity contribution in [2.24, 2.45) is 0 Å². The number of piperazine rings is 1. The van der Waals surface area contributed by atoms with E-state index in [-0.39, 0.29) is 0 Å². The van der Waals surface area contributed by atoms with Crippen LogP contribution in [0.3, 0.4) is 0 Å². The molecule has 4 rings (SSSR count). The number of hydrogen-bond donors (Lipinski definition) is 0. The molecular formula is C21H27N5O. The molecule has 3 aromatic rings. The molecule has 2 aromatic heterocycles. The molecule has 0 spiro atoms. The van der Waals surface area contributed by atoms with Crippen LogP contribution in [0, 0.1) is 0 Å². The van der Waals surface area contributed by atoms with Gasteiger partial charge < -0.3 is 14.5 Å². The van der Waals surface area contributed by atoms with Crippen LogP contribution in [0.4, 0.5) is 0 Å². The Morgan fingerprint density at radius 3 is 2.59 bits per heavy atom. The first-order valence-electron chi connectivity index (χ1n) is 9.61. The molecule has 0 N–H and O–H groups in total. The molecule has 0 saturated carbocycles. The summed E-state index contributed by atoms with van der Waals surface area (Å²) in [6.07, 6.45) is 7.93. The first-order chi connectivity index (χ1) is 13.2. The molecule has 0 amide bonds. The molecule has 0 atom stereocenters. The smallest absolute Gasteiger partial charge is 0.234 e. The van der Waals surface area contributed by atoms with E-state index < -0.39 is 0 Å². The molecule has 1 saturated heterocycles. The van der Waals surface area contributed by atoms with Crippen LogP contribution in [-0.4, -0.2) is 71.2 Å². The number of aromatic nitrogens is 3. The molecule has 6 nitrogen and oxygen atoms in total. The standard InChI is InChI=1S/C21H27N5O/c1-24-11-13-25(14-12-24)10-3-5-17-16-26(21-22-8-4-9-23-21)20-7-6-18(27-2)15-19(17)20/h4,6-9,15-16H,3,5,10-14H2,1-2H3. The van der Waals surface area contributed by atoms with Crippen LogP contribution >= 0.6 is 0 Å². The quantitative estimate of drug-likeness (QED) is 0.672. The van der Waals surface area contributed by atoms with E-state index >= 15 is 0 Å². The summed E-state index contributed by atoms with van der Waals surface area (Å²) in [5.41, 5.74) is 2.45. The van der Waals surface area contributed by atoms with Gasteiger partial charge in [0.15, 0.2) is 0 Å². The number of hydrogen-bond acceptors (Lipinski definition) is 5. The van der Waals surface area contributed by atoms with Crippen molar-refractivity contribution in [2.75, 3.05) is 46.9 Å². The summed E-state index contributed by atoms with van der Waals surface area (Å²) in [6, 6.07) is 8.05. The lowest BCUT2D eigenvalue weighted by molar-refractivity contribution is 0.153. The average Bonchev–Trinajstić information content (AvgIpc) is 3.08. The molecular weight excluding hydrogens is 338 g/mol. The van der Waals surface area contributed by atoms with E-state index in [1.54, 1.807) is 19.5 Å². The van der Waals surface area contributed by atoms with E-state index in [1.165, 1.54) is 37.1 Å². The fourth-order valence-corrected chi connectivity index (χ4v) is 3.75. The number of aryl methyl sites for hydroxylation is 1. The van der Waals surface area contributed by atoms with Gasteiger partial charge in [-0.05, 0) is 56.3 Å². The Morgan fingerprint density at radius 1 is 1.07 bits per heavy atom. The zero-order chi connectivity index (χ0) is 18.6. The number of ether oxygens (including phenoxy) is 1. The molecule has 142 valence electrons. The van der Waals surface area contributed by atoms with Gasteiger partial charge in [0.25, 0.3) is 0 Å². The molecule has 1 aliphatic heterocycles. The lowest BCUT2D eigenvalue weighted by Gasteiger charge is -2.32. The summed E-state index contributed by atoms with van der Waals surface area (Å²) in [5.74, 6) is 1.59. The van der Waals surface area contributed by atoms with E-state index in [1.807, 2.05) is 12.1 Å². The predicted molar refractivity (Wildman–Crippen MR) is 108 cm³/mol. The Labute approximate surface area is 160 Å². The third kappa shape index (κ3) is 3.96. The van der Waals surface area contributed by atoms with Crippen LogP contribution in [0.1, 0.15) is 12.0 Å². The third-order valence-electron chi connectivity index (χ3n) is 5.38. The Bertz CT molecular complexity index is 884. The Balaban J connectivity index is 1.56. The Hall–Kier alpha value is -2.44. The summed E-state index contributed by atoms with van der Waals surface area (Å²) in [6.45, 7) is 5.82. The highest BCUT2D eigenvalue weighted by atomic mass is 16.5. The number of methoxy groups -OCH3 is 1. The zero-order valence-corrected chi connectivity index (χ0v) is 16.1. The van der Waals surface area contributed by atoms with Crippen molar-refractivity contribution in [3.05, 3.63) is 48.4 Å². The van der Waals surface area contributed by atoms with Crippen molar-refractivity contribution < 1.29 is 4.74 Å². The van der Waals surface area contributed by atoms with Crippen LogP contribution in [0.15, 0.2) is 42.9 Å². The predicted octanol–water partition coefficient (Wildman–Crippen LogP) is 2.61. The average molecular weight is 365 g/mol. The highest BCUT2D eigenvalue weighted by Crippen LogP contribution is 2.28. The van der Waals surface area contributed by atoms with Gasteiger partial charge in [0.05, 0.1) is 12.6 Å². The molecule has 1 fully saturated rings. The van der Waals surface area contributed by atoms with Crippen LogP contribution in [0.25, 0.3) is 16.9 Å². The Kier molecular flexibility index (Phi) is 5.36. The number of fused-ring (bicyclic) bond motifs is 1. The molecule has 1 aromatic carbocycles. The highest BCUT2D eigenvalue weighted by Gasteiger charge is 2.15. The molecule has 0 unspecified atom stereocenters. The van der Waals surface area contributed by atoms with Crippen molar-refractivity contribution in [1.82, 2.24) is 24.3 Å². The largest absolute Gasteiger partial charge is 0.497 e. The molecule has 0 aliphatic carbocycles. The molecule has 3 heterocycles. The second-order valence-corrected chi connectivity index (χ2v) is 7.20. The summed E-state index contributed by atoms with van der Waals surface area (Å²) < 4.78 is 7.53. The maximum Gasteiger partial charge on any atom is 0.234 e. The van der Waals surface area contributed by atoms with Gasteiger partial charge in [-0.1, -0.05) is 0 Å². The molecule has 0 bridgehead atoms. The van der Waals surface area contributed by atoms with Crippen molar-refractivity contribution in [3.63, 3.8) is 0 Å². The number of rotatable bonds is 6. The number of likely N-dealkylation sites (N-methyl/N-ethyl adjacent to an activating group) is 1. The van der Waals surface area contributed by atoms with Gasteiger partial charge in [-0.15, -0.1) is 0 Å². The van der Waals surface area contributed by atoms with Gasteiger partial charge >= 0.3 is 0 Å². The zero-order valence-electron chi connectivity index (χ0n) is 16.1. The lowest BCUT2D eigenvalue weighted by atomic mass is 10.1. The van der Waals surface area contributed by atoms with Gasteiger partial charge in [0, 0.05) is 50.2 Å².